The van der Waals surface area contributed by atoms with Crippen molar-refractivity contribution in [1.82, 2.24) is 0 Å². The molecule has 0 aromatic heterocycles. The number of aliphatic hydroxyl groups is 2. The van der Waals surface area contributed by atoms with Crippen LogP contribution < -0.4 is 30.1 Å². The zero-order valence-corrected chi connectivity index (χ0v) is 20.7. The third-order valence-corrected chi connectivity index (χ3v) is 5.57. The Morgan fingerprint density at radius 2 is 1.43 bits per heavy atom. The first kappa shape index (κ1) is 31.1. The number of carbonyl (C=O) groups is 2. The Labute approximate surface area is 211 Å². The third-order valence-electron chi connectivity index (χ3n) is 5.57. The number of carboxylic acids is 2. The van der Waals surface area contributed by atoms with E-state index >= 15 is 0 Å². The number of carboxylic acid groups (broad SMARTS) is 2. The second-order valence-corrected chi connectivity index (χ2v) is 7.67. The van der Waals surface area contributed by atoms with Gasteiger partial charge in [0.1, 0.15) is 0 Å². The molecule has 0 aliphatic heterocycles. The number of hydrogen-bond donors (Lipinski definition) is 5. The van der Waals surface area contributed by atoms with Gasteiger partial charge in [-0.25, -0.2) is 9.59 Å². The van der Waals surface area contributed by atoms with E-state index in [1.54, 1.807) is 33.5 Å². The quantitative estimate of drug-likeness (QED) is 0.315. The first-order valence-corrected chi connectivity index (χ1v) is 10.6. The SMILES string of the molecule is COc1cc2c(c(OC)c1OC)-c1ccc(OC)c(=O)cc1[C@@H](N)CC2.O.O=C(O)[C@H](O)[C@@H](O)C(=O)O. The van der Waals surface area contributed by atoms with Crippen LogP contribution in [0.15, 0.2) is 29.1 Å². The average Bonchev–Trinajstić information content (AvgIpc) is 3.10. The molecule has 3 rings (SSSR count). The highest BCUT2D eigenvalue weighted by Crippen LogP contribution is 2.49. The lowest BCUT2D eigenvalue weighted by atomic mass is 9.95. The zero-order chi connectivity index (χ0) is 27.2. The van der Waals surface area contributed by atoms with Crippen molar-refractivity contribution in [2.75, 3.05) is 28.4 Å². The minimum absolute atomic E-state index is 0. The number of rotatable bonds is 7. The Kier molecular flexibility index (Phi) is 11.3. The maximum absolute atomic E-state index is 12.4. The minimum atomic E-state index is -2.27. The summed E-state index contributed by atoms with van der Waals surface area (Å²) in [6.07, 6.45) is -3.10. The van der Waals surface area contributed by atoms with Gasteiger partial charge in [0.05, 0.1) is 28.4 Å². The van der Waals surface area contributed by atoms with E-state index in [0.717, 1.165) is 28.7 Å². The molecule has 1 aliphatic rings. The third kappa shape index (κ3) is 6.65. The van der Waals surface area contributed by atoms with Crippen LogP contribution in [-0.2, 0) is 16.0 Å². The number of aliphatic hydroxyl groups excluding tert-OH is 2. The van der Waals surface area contributed by atoms with Crippen molar-refractivity contribution in [3.8, 4) is 34.1 Å². The van der Waals surface area contributed by atoms with Gasteiger partial charge in [-0.3, -0.25) is 4.79 Å². The molecule has 3 atom stereocenters. The van der Waals surface area contributed by atoms with Crippen LogP contribution in [0.2, 0.25) is 0 Å². The van der Waals surface area contributed by atoms with Gasteiger partial charge in [0.15, 0.2) is 29.5 Å². The Balaban J connectivity index is 0.000000533. The van der Waals surface area contributed by atoms with Crippen LogP contribution >= 0.6 is 0 Å². The monoisotopic (exact) mass is 525 g/mol. The summed E-state index contributed by atoms with van der Waals surface area (Å²) in [4.78, 5) is 32.0. The lowest BCUT2D eigenvalue weighted by Gasteiger charge is -2.19. The first-order chi connectivity index (χ1) is 17.0. The standard InChI is InChI=1S/C20H23NO5.C4H6O6.H2O/c1-23-16-8-6-12-13(10-15(16)22)14(21)7-5-11-9-17(24-2)19(25-3)20(26-4)18(11)12;5-1(3(7)8)2(6)4(9)10;/h6,8-10,14H,5,7,21H2,1-4H3;1-2,5-6H,(H,7,8)(H,9,10);1H2/t14-;1-,2-;/m01./s1. The van der Waals surface area contributed by atoms with Crippen LogP contribution in [0.25, 0.3) is 11.1 Å². The predicted molar refractivity (Wildman–Crippen MR) is 131 cm³/mol. The van der Waals surface area contributed by atoms with Crippen LogP contribution in [0.5, 0.6) is 23.0 Å². The minimum Gasteiger partial charge on any atom is -0.493 e. The molecule has 13 heteroatoms. The molecular formula is C24H31NO12. The van der Waals surface area contributed by atoms with Gasteiger partial charge in [-0.2, -0.15) is 0 Å². The number of aliphatic carboxylic acids is 2. The van der Waals surface area contributed by atoms with E-state index in [-0.39, 0.29) is 22.7 Å². The largest absolute Gasteiger partial charge is 0.493 e. The summed E-state index contributed by atoms with van der Waals surface area (Å²) in [5.41, 5.74) is 9.69. The van der Waals surface area contributed by atoms with Crippen LogP contribution in [0.1, 0.15) is 23.6 Å². The molecule has 0 saturated carbocycles. The highest BCUT2D eigenvalue weighted by Gasteiger charge is 2.29. The highest BCUT2D eigenvalue weighted by molar-refractivity contribution is 5.83. The fourth-order valence-electron chi connectivity index (χ4n) is 3.77. The summed E-state index contributed by atoms with van der Waals surface area (Å²) in [6, 6.07) is 6.75. The van der Waals surface area contributed by atoms with Gasteiger partial charge in [0.2, 0.25) is 11.2 Å². The molecule has 0 unspecified atom stereocenters. The molecule has 0 fully saturated rings. The maximum Gasteiger partial charge on any atom is 0.335 e. The summed E-state index contributed by atoms with van der Waals surface area (Å²) in [5.74, 6) is -1.59. The van der Waals surface area contributed by atoms with E-state index in [2.05, 4.69) is 0 Å². The van der Waals surface area contributed by atoms with Gasteiger partial charge in [0, 0.05) is 11.6 Å². The van der Waals surface area contributed by atoms with Crippen molar-refractivity contribution < 1.29 is 54.4 Å². The normalized spacial score (nSPS) is 15.1. The van der Waals surface area contributed by atoms with Crippen molar-refractivity contribution in [3.63, 3.8) is 0 Å². The van der Waals surface area contributed by atoms with Crippen LogP contribution in [0, 0.1) is 0 Å². The molecule has 0 heterocycles. The number of methoxy groups -OCH3 is 4. The van der Waals surface area contributed by atoms with E-state index in [4.69, 9.17) is 45.1 Å². The number of benzene rings is 1. The summed E-state index contributed by atoms with van der Waals surface area (Å²) >= 11 is 0. The van der Waals surface area contributed by atoms with E-state index in [9.17, 15) is 14.4 Å². The summed E-state index contributed by atoms with van der Waals surface area (Å²) in [7, 11) is 6.23. The topological polar surface area (TPSA) is 227 Å². The van der Waals surface area contributed by atoms with E-state index < -0.39 is 24.1 Å². The second-order valence-electron chi connectivity index (χ2n) is 7.67. The molecule has 37 heavy (non-hydrogen) atoms. The number of ether oxygens (including phenoxy) is 4. The van der Waals surface area contributed by atoms with Gasteiger partial charge in [-0.1, -0.05) is 6.07 Å². The fraction of sp³-hybridized carbons (Fsp3) is 0.375. The highest BCUT2D eigenvalue weighted by atomic mass is 16.5. The van der Waals surface area contributed by atoms with Gasteiger partial charge in [-0.15, -0.1) is 0 Å². The smallest absolute Gasteiger partial charge is 0.335 e. The lowest BCUT2D eigenvalue weighted by Crippen LogP contribution is -2.39. The van der Waals surface area contributed by atoms with Gasteiger partial charge in [0.25, 0.3) is 0 Å². The van der Waals surface area contributed by atoms with Crippen molar-refractivity contribution in [1.29, 1.82) is 0 Å². The first-order valence-electron chi connectivity index (χ1n) is 10.6. The van der Waals surface area contributed by atoms with Gasteiger partial charge >= 0.3 is 11.9 Å². The molecule has 13 nitrogen and oxygen atoms in total. The number of hydrogen-bond acceptors (Lipinski definition) is 10. The van der Waals surface area contributed by atoms with E-state index in [0.29, 0.717) is 23.7 Å². The van der Waals surface area contributed by atoms with Crippen molar-refractivity contribution in [2.24, 2.45) is 5.73 Å². The lowest BCUT2D eigenvalue weighted by molar-refractivity contribution is -0.165. The molecule has 0 bridgehead atoms. The molecule has 0 radical (unpaired) electrons. The molecule has 204 valence electrons. The molecular weight excluding hydrogens is 494 g/mol. The van der Waals surface area contributed by atoms with Gasteiger partial charge in [-0.05, 0) is 47.7 Å². The van der Waals surface area contributed by atoms with Gasteiger partial charge < -0.3 is 50.6 Å². The number of fused-ring (bicyclic) bond motifs is 3. The molecule has 2 aromatic carbocycles. The number of nitrogens with two attached hydrogens (primary N) is 1. The molecule has 0 saturated heterocycles. The fourth-order valence-corrected chi connectivity index (χ4v) is 3.77. The Bertz CT molecular complexity index is 1170. The molecule has 2 aromatic rings. The summed E-state index contributed by atoms with van der Waals surface area (Å²) in [6.45, 7) is 0. The predicted octanol–water partition coefficient (Wildman–Crippen LogP) is -0.253. The average molecular weight is 526 g/mol. The van der Waals surface area contributed by atoms with Crippen molar-refractivity contribution in [2.45, 2.75) is 31.1 Å². The number of aryl methyl sites for hydroxylation is 1. The maximum atomic E-state index is 12.4. The van der Waals surface area contributed by atoms with Crippen LogP contribution in [-0.4, -0.2) is 78.5 Å². The van der Waals surface area contributed by atoms with Crippen LogP contribution in [0.4, 0.5) is 0 Å². The Morgan fingerprint density at radius 3 is 1.89 bits per heavy atom. The van der Waals surface area contributed by atoms with Crippen LogP contribution in [0.3, 0.4) is 0 Å². The molecule has 8 N–H and O–H groups in total. The Morgan fingerprint density at radius 1 is 0.892 bits per heavy atom. The second kappa shape index (κ2) is 13.4. The molecule has 0 spiro atoms. The molecule has 0 amide bonds. The Hall–Kier alpha value is -3.91. The molecule has 1 aliphatic carbocycles. The summed E-state index contributed by atoms with van der Waals surface area (Å²) in [5, 5.41) is 32.5. The van der Waals surface area contributed by atoms with Crippen molar-refractivity contribution >= 4 is 11.9 Å². The van der Waals surface area contributed by atoms with Crippen molar-refractivity contribution in [3.05, 3.63) is 45.6 Å². The zero-order valence-electron chi connectivity index (χ0n) is 20.7. The van der Waals surface area contributed by atoms with E-state index in [1.807, 2.05) is 12.1 Å². The van der Waals surface area contributed by atoms with E-state index in [1.165, 1.54) is 7.11 Å². The summed E-state index contributed by atoms with van der Waals surface area (Å²) < 4.78 is 21.9.